The van der Waals surface area contributed by atoms with E-state index in [0.29, 0.717) is 31.7 Å². The van der Waals surface area contributed by atoms with Crippen LogP contribution in [-0.2, 0) is 11.8 Å². The number of rotatable bonds is 3. The summed E-state index contributed by atoms with van der Waals surface area (Å²) in [5, 5.41) is 13.2. The Morgan fingerprint density at radius 1 is 1.30 bits per heavy atom. The number of hydrogen-bond donors (Lipinski definition) is 1. The second-order valence-corrected chi connectivity index (χ2v) is 5.14. The van der Waals surface area contributed by atoms with Gasteiger partial charge in [-0.15, -0.1) is 0 Å². The maximum Gasteiger partial charge on any atom is 0.320 e. The summed E-state index contributed by atoms with van der Waals surface area (Å²) in [6, 6.07) is -0.507. The third-order valence-corrected chi connectivity index (χ3v) is 3.75. The van der Waals surface area contributed by atoms with Crippen molar-refractivity contribution in [3.05, 3.63) is 17.5 Å². The van der Waals surface area contributed by atoms with Crippen molar-refractivity contribution in [3.8, 4) is 0 Å². The van der Waals surface area contributed by atoms with Crippen LogP contribution in [0.2, 0.25) is 0 Å². The quantitative estimate of drug-likeness (QED) is 0.840. The van der Waals surface area contributed by atoms with Crippen LogP contribution < -0.4 is 0 Å². The van der Waals surface area contributed by atoms with Crippen molar-refractivity contribution >= 4 is 11.9 Å². The lowest BCUT2D eigenvalue weighted by atomic mass is 10.2. The van der Waals surface area contributed by atoms with E-state index in [-0.39, 0.29) is 5.91 Å². The summed E-state index contributed by atoms with van der Waals surface area (Å²) in [5.41, 5.74) is 1.34. The molecule has 1 aliphatic rings. The van der Waals surface area contributed by atoms with Gasteiger partial charge in [0.25, 0.3) is 5.91 Å². The van der Waals surface area contributed by atoms with Gasteiger partial charge in [0.15, 0.2) is 0 Å². The predicted octanol–water partition coefficient (Wildman–Crippen LogP) is -0.0406. The number of aromatic nitrogens is 2. The van der Waals surface area contributed by atoms with Gasteiger partial charge in [0.2, 0.25) is 0 Å². The molecular weight excluding hydrogens is 260 g/mol. The molecule has 1 amide bonds. The van der Waals surface area contributed by atoms with Gasteiger partial charge in [-0.1, -0.05) is 0 Å². The number of aryl methyl sites for hydroxylation is 2. The first-order valence-electron chi connectivity index (χ1n) is 6.66. The molecule has 2 heterocycles. The Morgan fingerprint density at radius 2 is 1.90 bits per heavy atom. The molecule has 7 heteroatoms. The van der Waals surface area contributed by atoms with Crippen LogP contribution in [0.1, 0.15) is 23.0 Å². The molecule has 20 heavy (non-hydrogen) atoms. The Balaban J connectivity index is 1.99. The highest BCUT2D eigenvalue weighted by Gasteiger charge is 2.28. The van der Waals surface area contributed by atoms with E-state index in [9.17, 15) is 9.59 Å². The highest BCUT2D eigenvalue weighted by Crippen LogP contribution is 2.13. The number of carboxylic acids is 1. The fraction of sp³-hybridized carbons (Fsp3) is 0.615. The normalized spacial score (nSPS) is 18.1. The number of hydrogen-bond acceptors (Lipinski definition) is 4. The van der Waals surface area contributed by atoms with Gasteiger partial charge >= 0.3 is 5.97 Å². The molecule has 1 fully saturated rings. The fourth-order valence-corrected chi connectivity index (χ4v) is 2.45. The largest absolute Gasteiger partial charge is 0.480 e. The molecule has 0 saturated carbocycles. The van der Waals surface area contributed by atoms with Crippen LogP contribution in [-0.4, -0.2) is 68.8 Å². The minimum atomic E-state index is -0.826. The molecule has 1 N–H and O–H groups in total. The maximum atomic E-state index is 12.4. The molecule has 1 aromatic rings. The average molecular weight is 280 g/mol. The highest BCUT2D eigenvalue weighted by atomic mass is 16.4. The lowest BCUT2D eigenvalue weighted by molar-refractivity contribution is -0.143. The molecule has 1 aromatic heterocycles. The van der Waals surface area contributed by atoms with Gasteiger partial charge in [-0.05, 0) is 13.8 Å². The van der Waals surface area contributed by atoms with Crippen molar-refractivity contribution in [1.82, 2.24) is 19.6 Å². The summed E-state index contributed by atoms with van der Waals surface area (Å²) in [6.45, 7) is 5.74. The standard InChI is InChI=1S/C13H20N4O3/c1-9-11(8-15(3)14-9)12(18)17-6-4-16(5-7-17)10(2)13(19)20/h8,10H,4-7H2,1-3H3,(H,19,20). The second-order valence-electron chi connectivity index (χ2n) is 5.14. The third-order valence-electron chi connectivity index (χ3n) is 3.75. The van der Waals surface area contributed by atoms with Crippen LogP contribution in [0.4, 0.5) is 0 Å². The molecule has 1 atom stereocenters. The van der Waals surface area contributed by atoms with Crippen LogP contribution in [0.15, 0.2) is 6.20 Å². The summed E-state index contributed by atoms with van der Waals surface area (Å²) in [5.74, 6) is -0.855. The van der Waals surface area contributed by atoms with E-state index in [1.807, 2.05) is 11.8 Å². The van der Waals surface area contributed by atoms with Crippen molar-refractivity contribution in [2.45, 2.75) is 19.9 Å². The molecule has 0 bridgehead atoms. The van der Waals surface area contributed by atoms with E-state index < -0.39 is 12.0 Å². The SMILES string of the molecule is Cc1nn(C)cc1C(=O)N1CCN(C(C)C(=O)O)CC1. The molecule has 0 aromatic carbocycles. The first-order valence-corrected chi connectivity index (χ1v) is 6.66. The van der Waals surface area contributed by atoms with Gasteiger partial charge in [0, 0.05) is 39.4 Å². The molecule has 1 unspecified atom stereocenters. The Bertz CT molecular complexity index is 518. The molecular formula is C13H20N4O3. The zero-order chi connectivity index (χ0) is 14.9. The lowest BCUT2D eigenvalue weighted by Crippen LogP contribution is -2.53. The van der Waals surface area contributed by atoms with Crippen LogP contribution >= 0.6 is 0 Å². The maximum absolute atomic E-state index is 12.4. The van der Waals surface area contributed by atoms with Crippen LogP contribution in [0.3, 0.4) is 0 Å². The van der Waals surface area contributed by atoms with Gasteiger partial charge in [-0.3, -0.25) is 19.2 Å². The molecule has 110 valence electrons. The lowest BCUT2D eigenvalue weighted by Gasteiger charge is -2.36. The van der Waals surface area contributed by atoms with E-state index in [1.54, 1.807) is 29.7 Å². The minimum absolute atomic E-state index is 0.0294. The van der Waals surface area contributed by atoms with Crippen molar-refractivity contribution in [1.29, 1.82) is 0 Å². The van der Waals surface area contributed by atoms with Gasteiger partial charge in [-0.2, -0.15) is 5.10 Å². The van der Waals surface area contributed by atoms with E-state index in [1.165, 1.54) is 0 Å². The first kappa shape index (κ1) is 14.5. The van der Waals surface area contributed by atoms with Gasteiger partial charge in [0.1, 0.15) is 6.04 Å². The van der Waals surface area contributed by atoms with Crippen molar-refractivity contribution in [3.63, 3.8) is 0 Å². The van der Waals surface area contributed by atoms with Gasteiger partial charge in [-0.25, -0.2) is 0 Å². The van der Waals surface area contributed by atoms with E-state index in [0.717, 1.165) is 5.69 Å². The third kappa shape index (κ3) is 2.82. The number of piperazine rings is 1. The molecule has 7 nitrogen and oxygen atoms in total. The van der Waals surface area contributed by atoms with Crippen LogP contribution in [0.25, 0.3) is 0 Å². The number of carbonyl (C=O) groups is 2. The highest BCUT2D eigenvalue weighted by molar-refractivity contribution is 5.95. The predicted molar refractivity (Wildman–Crippen MR) is 72.5 cm³/mol. The fourth-order valence-electron chi connectivity index (χ4n) is 2.45. The van der Waals surface area contributed by atoms with E-state index in [2.05, 4.69) is 5.10 Å². The number of carbonyl (C=O) groups excluding carboxylic acids is 1. The number of carboxylic acid groups (broad SMARTS) is 1. The van der Waals surface area contributed by atoms with Crippen molar-refractivity contribution in [2.75, 3.05) is 26.2 Å². The minimum Gasteiger partial charge on any atom is -0.480 e. The molecule has 1 saturated heterocycles. The van der Waals surface area contributed by atoms with E-state index in [4.69, 9.17) is 5.11 Å². The first-order chi connectivity index (χ1) is 9.40. The molecule has 2 rings (SSSR count). The smallest absolute Gasteiger partial charge is 0.320 e. The Labute approximate surface area is 117 Å². The monoisotopic (exact) mass is 280 g/mol. The topological polar surface area (TPSA) is 78.7 Å². The molecule has 1 aliphatic heterocycles. The number of nitrogens with zero attached hydrogens (tertiary/aromatic N) is 4. The Kier molecular flexibility index (Phi) is 4.08. The van der Waals surface area contributed by atoms with Crippen LogP contribution in [0.5, 0.6) is 0 Å². The molecule has 0 radical (unpaired) electrons. The Hall–Kier alpha value is -1.89. The second kappa shape index (κ2) is 5.62. The Morgan fingerprint density at radius 3 is 2.35 bits per heavy atom. The summed E-state index contributed by atoms with van der Waals surface area (Å²) in [6.07, 6.45) is 1.73. The van der Waals surface area contributed by atoms with Gasteiger partial charge < -0.3 is 10.0 Å². The summed E-state index contributed by atoms with van der Waals surface area (Å²) in [4.78, 5) is 27.0. The number of aliphatic carboxylic acids is 1. The zero-order valence-corrected chi connectivity index (χ0v) is 12.0. The summed E-state index contributed by atoms with van der Waals surface area (Å²) in [7, 11) is 1.79. The zero-order valence-electron chi connectivity index (χ0n) is 12.0. The summed E-state index contributed by atoms with van der Waals surface area (Å²) < 4.78 is 1.63. The van der Waals surface area contributed by atoms with E-state index >= 15 is 0 Å². The average Bonchev–Trinajstić information content (AvgIpc) is 2.76. The number of amides is 1. The van der Waals surface area contributed by atoms with Gasteiger partial charge in [0.05, 0.1) is 11.3 Å². The summed E-state index contributed by atoms with van der Waals surface area (Å²) >= 11 is 0. The van der Waals surface area contributed by atoms with Crippen LogP contribution in [0, 0.1) is 6.92 Å². The van der Waals surface area contributed by atoms with Crippen molar-refractivity contribution < 1.29 is 14.7 Å². The van der Waals surface area contributed by atoms with Crippen molar-refractivity contribution in [2.24, 2.45) is 7.05 Å². The molecule has 0 aliphatic carbocycles. The molecule has 0 spiro atoms.